The third kappa shape index (κ3) is 4.00. The maximum atomic E-state index is 11.1. The van der Waals surface area contributed by atoms with E-state index in [1.54, 1.807) is 18.9 Å². The van der Waals surface area contributed by atoms with Crippen molar-refractivity contribution in [3.8, 4) is 5.75 Å². The Hall–Kier alpha value is -0.780. The van der Waals surface area contributed by atoms with Crippen molar-refractivity contribution in [3.05, 3.63) is 24.3 Å². The summed E-state index contributed by atoms with van der Waals surface area (Å²) in [6, 6.07) is 7.56. The lowest BCUT2D eigenvalue weighted by Gasteiger charge is -2.15. The number of ether oxygens (including phenoxy) is 1. The van der Waals surface area contributed by atoms with E-state index in [1.165, 1.54) is 0 Å². The number of carbonyl (C=O) groups excluding carboxylic acids is 1. The summed E-state index contributed by atoms with van der Waals surface area (Å²) < 4.78 is 6.63. The predicted octanol–water partition coefficient (Wildman–Crippen LogP) is 2.87. The molecule has 4 heteroatoms. The molecule has 0 N–H and O–H groups in total. The van der Waals surface area contributed by atoms with Crippen LogP contribution in [-0.2, 0) is 4.79 Å². The molecule has 0 heterocycles. The molecule has 0 atom stereocenters. The van der Waals surface area contributed by atoms with Gasteiger partial charge in [0.25, 0.3) is 0 Å². The number of amides is 1. The summed E-state index contributed by atoms with van der Waals surface area (Å²) in [7, 11) is 1.76. The molecule has 3 nitrogen and oxygen atoms in total. The Balaban J connectivity index is 2.57. The lowest BCUT2D eigenvalue weighted by atomic mass is 10.3. The average molecular weight is 333 g/mol. The highest BCUT2D eigenvalue weighted by atomic mass is 127. The highest BCUT2D eigenvalue weighted by Gasteiger charge is 2.04. The van der Waals surface area contributed by atoms with E-state index in [4.69, 9.17) is 4.74 Å². The quantitative estimate of drug-likeness (QED) is 0.471. The van der Waals surface area contributed by atoms with Crippen LogP contribution in [0.1, 0.15) is 13.3 Å². The van der Waals surface area contributed by atoms with E-state index in [1.807, 2.05) is 24.3 Å². The maximum Gasteiger partial charge on any atom is 0.223 e. The van der Waals surface area contributed by atoms with Crippen LogP contribution >= 0.6 is 22.6 Å². The minimum atomic E-state index is 0.0265. The van der Waals surface area contributed by atoms with Gasteiger partial charge in [-0.25, -0.2) is 0 Å². The normalized spacial score (nSPS) is 9.94. The average Bonchev–Trinajstić information content (AvgIpc) is 2.29. The van der Waals surface area contributed by atoms with Gasteiger partial charge >= 0.3 is 0 Å². The summed E-state index contributed by atoms with van der Waals surface area (Å²) in [4.78, 5) is 12.7. The van der Waals surface area contributed by atoms with Crippen LogP contribution in [0.25, 0.3) is 0 Å². The number of nitrogens with zero attached hydrogens (tertiary/aromatic N) is 1. The number of hydrogen-bond acceptors (Lipinski definition) is 2. The Kier molecular flexibility index (Phi) is 5.59. The first-order valence-electron chi connectivity index (χ1n) is 5.18. The molecule has 0 fully saturated rings. The number of halogens is 1. The zero-order valence-electron chi connectivity index (χ0n) is 9.57. The van der Waals surface area contributed by atoms with Gasteiger partial charge in [0.05, 0.1) is 6.61 Å². The number of benzene rings is 1. The smallest absolute Gasteiger partial charge is 0.223 e. The van der Waals surface area contributed by atoms with Crippen molar-refractivity contribution >= 4 is 34.2 Å². The van der Waals surface area contributed by atoms with Gasteiger partial charge in [-0.2, -0.15) is 0 Å². The van der Waals surface area contributed by atoms with Crippen molar-refractivity contribution in [2.75, 3.05) is 23.0 Å². The van der Waals surface area contributed by atoms with Crippen LogP contribution in [0.2, 0.25) is 0 Å². The van der Waals surface area contributed by atoms with Crippen LogP contribution in [-0.4, -0.2) is 24.0 Å². The van der Waals surface area contributed by atoms with Gasteiger partial charge < -0.3 is 9.64 Å². The van der Waals surface area contributed by atoms with Gasteiger partial charge in [0.1, 0.15) is 5.75 Å². The van der Waals surface area contributed by atoms with Crippen LogP contribution in [0.3, 0.4) is 0 Å². The maximum absolute atomic E-state index is 11.1. The standard InChI is InChI=1S/C12H16INO2/c1-10(15)14(2)11-4-6-12(7-5-11)16-9-3-8-13/h4-7H,3,8-9H2,1-2H3. The minimum Gasteiger partial charge on any atom is -0.494 e. The number of carbonyl (C=O) groups is 1. The first-order chi connectivity index (χ1) is 7.65. The first kappa shape index (κ1) is 13.3. The molecular weight excluding hydrogens is 317 g/mol. The van der Waals surface area contributed by atoms with Gasteiger partial charge in [0, 0.05) is 24.1 Å². The lowest BCUT2D eigenvalue weighted by Crippen LogP contribution is -2.22. The molecule has 0 saturated carbocycles. The monoisotopic (exact) mass is 333 g/mol. The van der Waals surface area contributed by atoms with Gasteiger partial charge in [-0.15, -0.1) is 0 Å². The van der Waals surface area contributed by atoms with E-state index >= 15 is 0 Å². The molecule has 0 aromatic heterocycles. The van der Waals surface area contributed by atoms with Gasteiger partial charge in [0.15, 0.2) is 0 Å². The number of anilines is 1. The Morgan fingerprint density at radius 3 is 2.50 bits per heavy atom. The second-order valence-electron chi connectivity index (χ2n) is 3.46. The fourth-order valence-corrected chi connectivity index (χ4v) is 1.50. The molecule has 0 radical (unpaired) electrons. The molecule has 0 spiro atoms. The van der Waals surface area contributed by atoms with E-state index in [9.17, 15) is 4.79 Å². The molecule has 0 aliphatic rings. The molecule has 1 aromatic carbocycles. The summed E-state index contributed by atoms with van der Waals surface area (Å²) in [6.45, 7) is 2.29. The van der Waals surface area contributed by atoms with Crippen molar-refractivity contribution in [3.63, 3.8) is 0 Å². The van der Waals surface area contributed by atoms with Gasteiger partial charge in [-0.3, -0.25) is 4.79 Å². The van der Waals surface area contributed by atoms with Crippen LogP contribution in [0, 0.1) is 0 Å². The Morgan fingerprint density at radius 2 is 2.00 bits per heavy atom. The molecule has 1 amide bonds. The summed E-state index contributed by atoms with van der Waals surface area (Å²) in [5, 5.41) is 0. The van der Waals surface area contributed by atoms with E-state index in [0.29, 0.717) is 0 Å². The molecule has 0 aliphatic heterocycles. The molecule has 88 valence electrons. The fraction of sp³-hybridized carbons (Fsp3) is 0.417. The summed E-state index contributed by atoms with van der Waals surface area (Å²) >= 11 is 2.33. The van der Waals surface area contributed by atoms with Crippen molar-refractivity contribution in [1.29, 1.82) is 0 Å². The SMILES string of the molecule is CC(=O)N(C)c1ccc(OCCCI)cc1. The van der Waals surface area contributed by atoms with Crippen molar-refractivity contribution in [1.82, 2.24) is 0 Å². The van der Waals surface area contributed by atoms with Crippen LogP contribution in [0.5, 0.6) is 5.75 Å². The van der Waals surface area contributed by atoms with Gasteiger partial charge in [0.2, 0.25) is 5.91 Å². The second-order valence-corrected chi connectivity index (χ2v) is 4.54. The molecule has 0 unspecified atom stereocenters. The zero-order chi connectivity index (χ0) is 12.0. The molecule has 1 rings (SSSR count). The minimum absolute atomic E-state index is 0.0265. The fourth-order valence-electron chi connectivity index (χ4n) is 1.19. The number of rotatable bonds is 5. The number of alkyl halides is 1. The van der Waals surface area contributed by atoms with E-state index in [-0.39, 0.29) is 5.91 Å². The van der Waals surface area contributed by atoms with E-state index < -0.39 is 0 Å². The summed E-state index contributed by atoms with van der Waals surface area (Å²) in [5.41, 5.74) is 0.883. The molecule has 16 heavy (non-hydrogen) atoms. The molecule has 0 bridgehead atoms. The third-order valence-electron chi connectivity index (χ3n) is 2.24. The second kappa shape index (κ2) is 6.73. The van der Waals surface area contributed by atoms with E-state index in [2.05, 4.69) is 22.6 Å². The van der Waals surface area contributed by atoms with Crippen LogP contribution in [0.4, 0.5) is 5.69 Å². The highest BCUT2D eigenvalue weighted by Crippen LogP contribution is 2.18. The topological polar surface area (TPSA) is 29.5 Å². The Morgan fingerprint density at radius 1 is 1.38 bits per heavy atom. The largest absolute Gasteiger partial charge is 0.494 e. The molecule has 1 aromatic rings. The van der Waals surface area contributed by atoms with Crippen LogP contribution < -0.4 is 9.64 Å². The highest BCUT2D eigenvalue weighted by molar-refractivity contribution is 14.1. The van der Waals surface area contributed by atoms with E-state index in [0.717, 1.165) is 28.9 Å². The Bertz CT molecular complexity index is 337. The lowest BCUT2D eigenvalue weighted by molar-refractivity contribution is -0.116. The van der Waals surface area contributed by atoms with Crippen molar-refractivity contribution in [2.24, 2.45) is 0 Å². The third-order valence-corrected chi connectivity index (χ3v) is 3.01. The molecule has 0 saturated heterocycles. The first-order valence-corrected chi connectivity index (χ1v) is 6.71. The van der Waals surface area contributed by atoms with Gasteiger partial charge in [-0.05, 0) is 30.7 Å². The van der Waals surface area contributed by atoms with Crippen molar-refractivity contribution in [2.45, 2.75) is 13.3 Å². The summed E-state index contributed by atoms with van der Waals surface area (Å²) in [6.07, 6.45) is 1.05. The molecule has 0 aliphatic carbocycles. The van der Waals surface area contributed by atoms with Gasteiger partial charge in [-0.1, -0.05) is 22.6 Å². The summed E-state index contributed by atoms with van der Waals surface area (Å²) in [5.74, 6) is 0.879. The predicted molar refractivity (Wildman–Crippen MR) is 74.5 cm³/mol. The zero-order valence-corrected chi connectivity index (χ0v) is 11.7. The Labute approximate surface area is 110 Å². The van der Waals surface area contributed by atoms with Crippen LogP contribution in [0.15, 0.2) is 24.3 Å². The van der Waals surface area contributed by atoms with Crippen molar-refractivity contribution < 1.29 is 9.53 Å². The molecular formula is C12H16INO2. The number of hydrogen-bond donors (Lipinski definition) is 0.